The summed E-state index contributed by atoms with van der Waals surface area (Å²) in [7, 11) is 0. The summed E-state index contributed by atoms with van der Waals surface area (Å²) in [6, 6.07) is 11.4. The number of thioether (sulfide) groups is 1. The normalized spacial score (nSPS) is 29.1. The second kappa shape index (κ2) is 10.3. The van der Waals surface area contributed by atoms with Crippen molar-refractivity contribution in [3.05, 3.63) is 76.6 Å². The van der Waals surface area contributed by atoms with Gasteiger partial charge >= 0.3 is 6.18 Å². The van der Waals surface area contributed by atoms with Crippen LogP contribution in [-0.2, 0) is 22.9 Å². The number of carbonyl (C=O) groups excluding carboxylic acids is 1. The second-order valence-corrected chi connectivity index (χ2v) is 12.1. The van der Waals surface area contributed by atoms with Gasteiger partial charge in [0.15, 0.2) is 0 Å². The van der Waals surface area contributed by atoms with Crippen LogP contribution in [0.3, 0.4) is 0 Å². The van der Waals surface area contributed by atoms with Gasteiger partial charge in [0.05, 0.1) is 11.0 Å². The molecule has 2 aromatic rings. The minimum atomic E-state index is -4.64. The van der Waals surface area contributed by atoms with E-state index in [1.807, 2.05) is 6.26 Å². The number of likely N-dealkylation sites (tertiary alicyclic amines) is 1. The molecule has 2 fully saturated rings. The van der Waals surface area contributed by atoms with Gasteiger partial charge in [0.1, 0.15) is 5.82 Å². The van der Waals surface area contributed by atoms with Crippen LogP contribution in [0.15, 0.2) is 48.5 Å². The Morgan fingerprint density at radius 1 is 1.18 bits per heavy atom. The molecule has 204 valence electrons. The lowest BCUT2D eigenvalue weighted by molar-refractivity contribution is -0.137. The Hall–Kier alpha value is -2.32. The molecule has 1 spiro atoms. The Kier molecular flexibility index (Phi) is 7.42. The van der Waals surface area contributed by atoms with Crippen molar-refractivity contribution in [3.63, 3.8) is 0 Å². The van der Waals surface area contributed by atoms with Crippen LogP contribution >= 0.6 is 11.8 Å². The summed E-state index contributed by atoms with van der Waals surface area (Å²) < 4.78 is 53.2. The van der Waals surface area contributed by atoms with Crippen LogP contribution < -0.4 is 5.32 Å². The number of piperidine rings is 1. The summed E-state index contributed by atoms with van der Waals surface area (Å²) >= 11 is 1.62. The van der Waals surface area contributed by atoms with Gasteiger partial charge in [0.2, 0.25) is 5.91 Å². The average molecular weight is 547 g/mol. The quantitative estimate of drug-likeness (QED) is 0.411. The summed E-state index contributed by atoms with van der Waals surface area (Å²) in [5, 5.41) is 2.84. The molecule has 0 radical (unpaired) electrons. The van der Waals surface area contributed by atoms with Crippen LogP contribution in [-0.4, -0.2) is 41.9 Å². The summed E-state index contributed by atoms with van der Waals surface area (Å²) in [5.41, 5.74) is 1.28. The van der Waals surface area contributed by atoms with Gasteiger partial charge in [-0.2, -0.15) is 24.9 Å². The molecule has 2 aromatic carbocycles. The fourth-order valence-electron chi connectivity index (χ4n) is 6.93. The molecular formula is C30H34F4N2OS. The number of nitrogens with one attached hydrogen (secondary N) is 1. The van der Waals surface area contributed by atoms with E-state index in [1.165, 1.54) is 11.1 Å². The van der Waals surface area contributed by atoms with Crippen molar-refractivity contribution < 1.29 is 22.4 Å². The molecule has 3 nitrogen and oxygen atoms in total. The average Bonchev–Trinajstić information content (AvgIpc) is 3.48. The van der Waals surface area contributed by atoms with E-state index in [2.05, 4.69) is 53.6 Å². The van der Waals surface area contributed by atoms with Gasteiger partial charge in [-0.15, -0.1) is 0 Å². The van der Waals surface area contributed by atoms with E-state index in [0.717, 1.165) is 50.9 Å². The minimum absolute atomic E-state index is 0.0691. The Labute approximate surface area is 226 Å². The van der Waals surface area contributed by atoms with Crippen molar-refractivity contribution >= 4 is 23.7 Å². The molecule has 2 aliphatic carbocycles. The molecule has 4 atom stereocenters. The van der Waals surface area contributed by atoms with Gasteiger partial charge in [-0.3, -0.25) is 9.69 Å². The third-order valence-corrected chi connectivity index (χ3v) is 9.80. The molecule has 5 rings (SSSR count). The van der Waals surface area contributed by atoms with Gasteiger partial charge in [-0.05, 0) is 79.3 Å². The van der Waals surface area contributed by atoms with Crippen molar-refractivity contribution in [2.75, 3.05) is 25.1 Å². The zero-order valence-electron chi connectivity index (χ0n) is 21.8. The van der Waals surface area contributed by atoms with Crippen molar-refractivity contribution in [2.45, 2.75) is 56.8 Å². The number of nitrogens with zero attached hydrogens (tertiary/aromatic N) is 1. The molecule has 0 aromatic heterocycles. The fourth-order valence-corrected chi connectivity index (χ4v) is 7.88. The van der Waals surface area contributed by atoms with Crippen molar-refractivity contribution in [2.24, 2.45) is 11.3 Å². The van der Waals surface area contributed by atoms with Gasteiger partial charge in [-0.1, -0.05) is 43.3 Å². The predicted molar refractivity (Wildman–Crippen MR) is 144 cm³/mol. The molecule has 1 amide bonds. The van der Waals surface area contributed by atoms with Crippen LogP contribution in [0, 0.1) is 17.2 Å². The largest absolute Gasteiger partial charge is 0.416 e. The molecule has 1 saturated carbocycles. The van der Waals surface area contributed by atoms with E-state index >= 15 is 0 Å². The van der Waals surface area contributed by atoms with E-state index < -0.39 is 23.0 Å². The molecule has 1 saturated heterocycles. The van der Waals surface area contributed by atoms with Gasteiger partial charge in [0.25, 0.3) is 0 Å². The van der Waals surface area contributed by atoms with Gasteiger partial charge < -0.3 is 5.32 Å². The maximum atomic E-state index is 13.8. The highest BCUT2D eigenvalue weighted by atomic mass is 32.2. The lowest BCUT2D eigenvalue weighted by Crippen LogP contribution is -2.51. The predicted octanol–water partition coefficient (Wildman–Crippen LogP) is 6.67. The van der Waals surface area contributed by atoms with Gasteiger partial charge in [-0.25, -0.2) is 4.39 Å². The third-order valence-electron chi connectivity index (χ3n) is 8.96. The number of carbonyl (C=O) groups is 1. The van der Waals surface area contributed by atoms with Crippen molar-refractivity contribution in [3.8, 4) is 0 Å². The smallest absolute Gasteiger partial charge is 0.352 e. The standard InChI is InChI=1S/C30H34F4N2OS/c1-20-18-36(12-11-29(20)10-7-22-5-3-4-6-26(22)29)25-8-9-28(16-25,19-38-2)27(37)35-17-21-13-23(30(32,33)34)15-24(31)14-21/h3-7,10,13-15,20,25H,8-9,11-12,16-19H2,1-2H3,(H,35,37)/t20-,25?,28?,29-/m0/s1. The third kappa shape index (κ3) is 5.02. The maximum absolute atomic E-state index is 13.8. The molecule has 8 heteroatoms. The Bertz CT molecular complexity index is 1230. The SMILES string of the molecule is CSCC1(C(=O)NCc2cc(F)cc(C(F)(F)F)c2)CCC(N2CC[C@@]3(C=Cc4ccccc43)[C@@H](C)C2)C1. The minimum Gasteiger partial charge on any atom is -0.352 e. The molecule has 1 aliphatic heterocycles. The summed E-state index contributed by atoms with van der Waals surface area (Å²) in [5.74, 6) is -0.0198. The molecule has 38 heavy (non-hydrogen) atoms. The first-order valence-corrected chi connectivity index (χ1v) is 14.6. The van der Waals surface area contributed by atoms with Crippen LogP contribution in [0.1, 0.15) is 54.9 Å². The number of amides is 1. The highest BCUT2D eigenvalue weighted by molar-refractivity contribution is 7.98. The van der Waals surface area contributed by atoms with E-state index in [0.29, 0.717) is 23.8 Å². The molecule has 1 heterocycles. The van der Waals surface area contributed by atoms with E-state index in [4.69, 9.17) is 0 Å². The van der Waals surface area contributed by atoms with Crippen LogP contribution in [0.25, 0.3) is 6.08 Å². The highest BCUT2D eigenvalue weighted by Gasteiger charge is 2.49. The van der Waals surface area contributed by atoms with Crippen LogP contribution in [0.4, 0.5) is 17.6 Å². The molecular weight excluding hydrogens is 512 g/mol. The number of fused-ring (bicyclic) bond motifs is 2. The maximum Gasteiger partial charge on any atom is 0.416 e. The van der Waals surface area contributed by atoms with E-state index in [1.54, 1.807) is 11.8 Å². The second-order valence-electron chi connectivity index (χ2n) is 11.2. The first kappa shape index (κ1) is 27.3. The summed E-state index contributed by atoms with van der Waals surface area (Å²) in [4.78, 5) is 16.0. The van der Waals surface area contributed by atoms with Crippen molar-refractivity contribution in [1.82, 2.24) is 10.2 Å². The topological polar surface area (TPSA) is 32.3 Å². The lowest BCUT2D eigenvalue weighted by Gasteiger charge is -2.46. The number of allylic oxidation sites excluding steroid dienone is 1. The number of halogens is 4. The number of alkyl halides is 3. The fraction of sp³-hybridized carbons (Fsp3) is 0.500. The van der Waals surface area contributed by atoms with E-state index in [9.17, 15) is 22.4 Å². The monoisotopic (exact) mass is 546 g/mol. The zero-order valence-corrected chi connectivity index (χ0v) is 22.6. The van der Waals surface area contributed by atoms with Crippen LogP contribution in [0.5, 0.6) is 0 Å². The number of rotatable bonds is 6. The van der Waals surface area contributed by atoms with Crippen molar-refractivity contribution in [1.29, 1.82) is 0 Å². The zero-order chi connectivity index (χ0) is 27.1. The molecule has 2 unspecified atom stereocenters. The van der Waals surface area contributed by atoms with Gasteiger partial charge in [0, 0.05) is 30.3 Å². The Morgan fingerprint density at radius 2 is 1.97 bits per heavy atom. The van der Waals surface area contributed by atoms with Crippen LogP contribution in [0.2, 0.25) is 0 Å². The Balaban J connectivity index is 1.25. The number of benzene rings is 2. The first-order valence-electron chi connectivity index (χ1n) is 13.2. The lowest BCUT2D eigenvalue weighted by atomic mass is 9.68. The molecule has 3 aliphatic rings. The molecule has 1 N–H and O–H groups in total. The first-order chi connectivity index (χ1) is 18.1. The van der Waals surface area contributed by atoms with E-state index in [-0.39, 0.29) is 23.4 Å². The molecule has 0 bridgehead atoms. The summed E-state index contributed by atoms with van der Waals surface area (Å²) in [6.45, 7) is 4.12. The number of hydrogen-bond donors (Lipinski definition) is 1. The summed E-state index contributed by atoms with van der Waals surface area (Å²) in [6.07, 6.45) is 5.39. The highest BCUT2D eigenvalue weighted by Crippen LogP contribution is 2.49. The Morgan fingerprint density at radius 3 is 2.71 bits per heavy atom. The number of hydrogen-bond acceptors (Lipinski definition) is 3.